The van der Waals surface area contributed by atoms with Gasteiger partial charge in [-0.3, -0.25) is 0 Å². The Hall–Kier alpha value is -0.0500. The fourth-order valence-corrected chi connectivity index (χ4v) is 1.97. The van der Waals surface area contributed by atoms with Crippen LogP contribution < -0.4 is 5.32 Å². The topological polar surface area (TPSA) is 12.0 Å². The predicted octanol–water partition coefficient (Wildman–Crippen LogP) is 3.15. The molecule has 0 unspecified atom stereocenters. The largest absolute Gasteiger partial charge is 0.312 e. The molecule has 0 aromatic carbocycles. The summed E-state index contributed by atoms with van der Waals surface area (Å²) in [5.74, 6) is 0.709. The lowest BCUT2D eigenvalue weighted by Gasteiger charge is -2.04. The molecule has 0 saturated carbocycles. The summed E-state index contributed by atoms with van der Waals surface area (Å²) in [4.78, 5) is 1.31. The molecule has 1 N–H and O–H groups in total. The number of nitrogens with one attached hydrogen (secondary N) is 1. The minimum atomic E-state index is 0.709. The first-order chi connectivity index (χ1) is 5.68. The molecule has 1 aromatic heterocycles. The van der Waals surface area contributed by atoms with Crippen molar-refractivity contribution in [1.82, 2.24) is 5.32 Å². The van der Waals surface area contributed by atoms with Gasteiger partial charge in [-0.15, -0.1) is 11.3 Å². The van der Waals surface area contributed by atoms with E-state index in [2.05, 4.69) is 19.2 Å². The predicted molar refractivity (Wildman–Crippen MR) is 55.9 cm³/mol. The van der Waals surface area contributed by atoms with E-state index >= 15 is 0 Å². The Labute approximate surface area is 82.7 Å². The van der Waals surface area contributed by atoms with Gasteiger partial charge in [0, 0.05) is 16.8 Å². The molecule has 0 amide bonds. The zero-order chi connectivity index (χ0) is 8.97. The summed E-state index contributed by atoms with van der Waals surface area (Å²) >= 11 is 7.49. The van der Waals surface area contributed by atoms with Crippen LogP contribution in [-0.2, 0) is 6.54 Å². The molecule has 0 aliphatic rings. The van der Waals surface area contributed by atoms with Gasteiger partial charge >= 0.3 is 0 Å². The molecule has 1 rings (SSSR count). The Morgan fingerprint density at radius 3 is 2.83 bits per heavy atom. The van der Waals surface area contributed by atoms with Gasteiger partial charge in [0.05, 0.1) is 5.02 Å². The van der Waals surface area contributed by atoms with Crippen molar-refractivity contribution >= 4 is 22.9 Å². The van der Waals surface area contributed by atoms with Crippen LogP contribution in [0, 0.1) is 5.92 Å². The third kappa shape index (κ3) is 3.57. The molecule has 0 atom stereocenters. The Balaban J connectivity index is 2.24. The van der Waals surface area contributed by atoms with Crippen LogP contribution in [0.25, 0.3) is 0 Å². The van der Waals surface area contributed by atoms with Crippen LogP contribution in [-0.4, -0.2) is 6.54 Å². The van der Waals surface area contributed by atoms with Gasteiger partial charge in [-0.05, 0) is 18.5 Å². The van der Waals surface area contributed by atoms with Crippen LogP contribution in [0.4, 0.5) is 0 Å². The van der Waals surface area contributed by atoms with Crippen molar-refractivity contribution in [3.63, 3.8) is 0 Å². The lowest BCUT2D eigenvalue weighted by atomic mass is 10.2. The Bertz CT molecular complexity index is 232. The highest BCUT2D eigenvalue weighted by Gasteiger charge is 1.97. The highest BCUT2D eigenvalue weighted by atomic mass is 35.5. The Morgan fingerprint density at radius 1 is 1.58 bits per heavy atom. The number of hydrogen-bond donors (Lipinski definition) is 1. The van der Waals surface area contributed by atoms with Gasteiger partial charge in [0.2, 0.25) is 0 Å². The standard InChI is InChI=1S/C9H14ClNS/c1-7(2)4-11-5-9-3-8(10)6-12-9/h3,6-7,11H,4-5H2,1-2H3. The molecular formula is C9H14ClNS. The van der Waals surface area contributed by atoms with E-state index in [1.807, 2.05) is 11.4 Å². The van der Waals surface area contributed by atoms with Gasteiger partial charge in [0.15, 0.2) is 0 Å². The second kappa shape index (κ2) is 4.85. The van der Waals surface area contributed by atoms with Crippen molar-refractivity contribution in [3.8, 4) is 0 Å². The lowest BCUT2D eigenvalue weighted by Crippen LogP contribution is -2.18. The van der Waals surface area contributed by atoms with Crippen LogP contribution in [0.1, 0.15) is 18.7 Å². The third-order valence-corrected chi connectivity index (χ3v) is 2.76. The van der Waals surface area contributed by atoms with Crippen LogP contribution in [0.2, 0.25) is 5.02 Å². The molecular weight excluding hydrogens is 190 g/mol. The summed E-state index contributed by atoms with van der Waals surface area (Å²) in [6.45, 7) is 6.41. The van der Waals surface area contributed by atoms with Crippen LogP contribution in [0.15, 0.2) is 11.4 Å². The minimum Gasteiger partial charge on any atom is -0.312 e. The van der Waals surface area contributed by atoms with Gasteiger partial charge in [-0.25, -0.2) is 0 Å². The summed E-state index contributed by atoms with van der Waals surface area (Å²) in [7, 11) is 0. The highest BCUT2D eigenvalue weighted by Crippen LogP contribution is 2.18. The zero-order valence-electron chi connectivity index (χ0n) is 7.43. The molecule has 1 heterocycles. The minimum absolute atomic E-state index is 0.709. The van der Waals surface area contributed by atoms with Crippen molar-refractivity contribution in [2.45, 2.75) is 20.4 Å². The van der Waals surface area contributed by atoms with E-state index in [1.54, 1.807) is 11.3 Å². The van der Waals surface area contributed by atoms with Crippen LogP contribution in [0.3, 0.4) is 0 Å². The van der Waals surface area contributed by atoms with E-state index in [1.165, 1.54) is 4.88 Å². The van der Waals surface area contributed by atoms with Crippen LogP contribution >= 0.6 is 22.9 Å². The average Bonchev–Trinajstić information content (AvgIpc) is 2.35. The van der Waals surface area contributed by atoms with Crippen molar-refractivity contribution < 1.29 is 0 Å². The molecule has 1 nitrogen and oxygen atoms in total. The first-order valence-electron chi connectivity index (χ1n) is 4.12. The molecule has 0 spiro atoms. The SMILES string of the molecule is CC(C)CNCc1cc(Cl)cs1. The first-order valence-corrected chi connectivity index (χ1v) is 5.38. The van der Waals surface area contributed by atoms with Crippen molar-refractivity contribution in [2.24, 2.45) is 5.92 Å². The quantitative estimate of drug-likeness (QED) is 0.793. The maximum absolute atomic E-state index is 5.78. The van der Waals surface area contributed by atoms with Gasteiger partial charge in [0.1, 0.15) is 0 Å². The molecule has 0 aliphatic heterocycles. The fraction of sp³-hybridized carbons (Fsp3) is 0.556. The molecule has 0 aliphatic carbocycles. The van der Waals surface area contributed by atoms with Crippen LogP contribution in [0.5, 0.6) is 0 Å². The van der Waals surface area contributed by atoms with E-state index < -0.39 is 0 Å². The average molecular weight is 204 g/mol. The van der Waals surface area contributed by atoms with E-state index in [9.17, 15) is 0 Å². The number of thiophene rings is 1. The molecule has 0 radical (unpaired) electrons. The maximum Gasteiger partial charge on any atom is 0.0516 e. The van der Waals surface area contributed by atoms with E-state index in [-0.39, 0.29) is 0 Å². The molecule has 0 bridgehead atoms. The lowest BCUT2D eigenvalue weighted by molar-refractivity contribution is 0.555. The smallest absolute Gasteiger partial charge is 0.0516 e. The third-order valence-electron chi connectivity index (χ3n) is 1.47. The van der Waals surface area contributed by atoms with E-state index in [0.717, 1.165) is 18.1 Å². The zero-order valence-corrected chi connectivity index (χ0v) is 9.00. The van der Waals surface area contributed by atoms with Gasteiger partial charge in [0.25, 0.3) is 0 Å². The fourth-order valence-electron chi connectivity index (χ4n) is 0.931. The molecule has 0 saturated heterocycles. The number of hydrogen-bond acceptors (Lipinski definition) is 2. The first kappa shape index (κ1) is 10.0. The maximum atomic E-state index is 5.78. The Kier molecular flexibility index (Phi) is 4.06. The number of rotatable bonds is 4. The summed E-state index contributed by atoms with van der Waals surface area (Å²) in [6.07, 6.45) is 0. The molecule has 0 fully saturated rings. The normalized spacial score (nSPS) is 11.0. The summed E-state index contributed by atoms with van der Waals surface area (Å²) in [5, 5.41) is 6.18. The van der Waals surface area contributed by atoms with E-state index in [4.69, 9.17) is 11.6 Å². The summed E-state index contributed by atoms with van der Waals surface area (Å²) in [5.41, 5.74) is 0. The van der Waals surface area contributed by atoms with E-state index in [0.29, 0.717) is 5.92 Å². The molecule has 12 heavy (non-hydrogen) atoms. The molecule has 1 aromatic rings. The number of halogens is 1. The monoisotopic (exact) mass is 203 g/mol. The van der Waals surface area contributed by atoms with Crippen molar-refractivity contribution in [1.29, 1.82) is 0 Å². The van der Waals surface area contributed by atoms with Gasteiger partial charge in [-0.1, -0.05) is 25.4 Å². The van der Waals surface area contributed by atoms with Gasteiger partial charge < -0.3 is 5.32 Å². The van der Waals surface area contributed by atoms with Crippen molar-refractivity contribution in [3.05, 3.63) is 21.3 Å². The van der Waals surface area contributed by atoms with Crippen molar-refractivity contribution in [2.75, 3.05) is 6.54 Å². The summed E-state index contributed by atoms with van der Waals surface area (Å²) < 4.78 is 0. The second-order valence-electron chi connectivity index (χ2n) is 3.26. The molecule has 68 valence electrons. The molecule has 3 heteroatoms. The van der Waals surface area contributed by atoms with Gasteiger partial charge in [-0.2, -0.15) is 0 Å². The highest BCUT2D eigenvalue weighted by molar-refractivity contribution is 7.10. The summed E-state index contributed by atoms with van der Waals surface area (Å²) in [6, 6.07) is 2.01. The Morgan fingerprint density at radius 2 is 2.33 bits per heavy atom. The second-order valence-corrected chi connectivity index (χ2v) is 4.69.